The molecule has 1 heterocycles. The highest BCUT2D eigenvalue weighted by atomic mass is 32.1. The van der Waals surface area contributed by atoms with Gasteiger partial charge in [-0.2, -0.15) is 0 Å². The first kappa shape index (κ1) is 13.1. The average molecular weight is 260 g/mol. The number of aryl methyl sites for hydroxylation is 1. The molecular formula is C15H20N2S. The molecule has 0 saturated heterocycles. The Morgan fingerprint density at radius 2 is 1.72 bits per heavy atom. The lowest BCUT2D eigenvalue weighted by atomic mass is 9.87. The third-order valence-electron chi connectivity index (χ3n) is 3.02. The van der Waals surface area contributed by atoms with Crippen molar-refractivity contribution >= 4 is 16.3 Å². The van der Waals surface area contributed by atoms with Crippen LogP contribution in [0.3, 0.4) is 0 Å². The normalized spacial score (nSPS) is 11.6. The molecule has 0 atom stereocenters. The largest absolute Gasteiger partial charge is 0.378 e. The Morgan fingerprint density at radius 3 is 2.17 bits per heavy atom. The van der Waals surface area contributed by atoms with Gasteiger partial charge in [-0.1, -0.05) is 56.4 Å². The molecule has 0 unspecified atom stereocenters. The van der Waals surface area contributed by atoms with Crippen molar-refractivity contribution in [2.45, 2.75) is 33.1 Å². The minimum atomic E-state index is 0.202. The number of thiazole rings is 1. The van der Waals surface area contributed by atoms with Gasteiger partial charge in [-0.3, -0.25) is 0 Å². The molecule has 0 radical (unpaired) electrons. The number of hydrogen-bond donors (Lipinski definition) is 1. The Hall–Kier alpha value is -1.35. The first-order valence-electron chi connectivity index (χ1n) is 6.18. The van der Waals surface area contributed by atoms with Crippen LogP contribution in [0.4, 0.5) is 5.00 Å². The Morgan fingerprint density at radius 1 is 1.11 bits per heavy atom. The third-order valence-corrected chi connectivity index (χ3v) is 4.25. The molecule has 0 aliphatic heterocycles. The predicted octanol–water partition coefficient (Wildman–Crippen LogP) is 4.46. The van der Waals surface area contributed by atoms with Crippen molar-refractivity contribution in [2.24, 2.45) is 0 Å². The number of benzene rings is 1. The van der Waals surface area contributed by atoms with Gasteiger partial charge < -0.3 is 5.32 Å². The molecule has 0 aliphatic carbocycles. The van der Waals surface area contributed by atoms with Crippen molar-refractivity contribution in [3.8, 4) is 10.6 Å². The van der Waals surface area contributed by atoms with Crippen molar-refractivity contribution in [3.05, 3.63) is 35.5 Å². The molecule has 1 aromatic heterocycles. The van der Waals surface area contributed by atoms with Crippen LogP contribution in [0.15, 0.2) is 24.3 Å². The summed E-state index contributed by atoms with van der Waals surface area (Å²) in [6.07, 6.45) is 0. The summed E-state index contributed by atoms with van der Waals surface area (Å²) in [5, 5.41) is 5.40. The molecule has 2 aromatic rings. The summed E-state index contributed by atoms with van der Waals surface area (Å²) in [6.45, 7) is 8.73. The topological polar surface area (TPSA) is 24.9 Å². The Kier molecular flexibility index (Phi) is 3.44. The molecule has 1 aromatic carbocycles. The van der Waals surface area contributed by atoms with Crippen LogP contribution in [0.25, 0.3) is 10.6 Å². The van der Waals surface area contributed by atoms with Crippen molar-refractivity contribution in [2.75, 3.05) is 12.4 Å². The number of aromatic nitrogens is 1. The molecule has 0 bridgehead atoms. The van der Waals surface area contributed by atoms with Gasteiger partial charge in [0.1, 0.15) is 10.0 Å². The number of hydrogen-bond acceptors (Lipinski definition) is 3. The van der Waals surface area contributed by atoms with Crippen LogP contribution in [-0.2, 0) is 5.41 Å². The van der Waals surface area contributed by atoms with E-state index in [9.17, 15) is 0 Å². The van der Waals surface area contributed by atoms with Crippen molar-refractivity contribution in [1.82, 2.24) is 4.98 Å². The summed E-state index contributed by atoms with van der Waals surface area (Å²) in [4.78, 5) is 4.60. The molecular weight excluding hydrogens is 240 g/mol. The van der Waals surface area contributed by atoms with E-state index in [0.29, 0.717) is 0 Å². The van der Waals surface area contributed by atoms with E-state index in [-0.39, 0.29) is 5.41 Å². The molecule has 0 aliphatic rings. The molecule has 0 amide bonds. The highest BCUT2D eigenvalue weighted by molar-refractivity contribution is 7.19. The van der Waals surface area contributed by atoms with E-state index in [1.807, 2.05) is 14.0 Å². The van der Waals surface area contributed by atoms with E-state index < -0.39 is 0 Å². The van der Waals surface area contributed by atoms with Gasteiger partial charge in [-0.05, 0) is 17.9 Å². The highest BCUT2D eigenvalue weighted by Gasteiger charge is 2.14. The monoisotopic (exact) mass is 260 g/mol. The van der Waals surface area contributed by atoms with Gasteiger partial charge in [0, 0.05) is 12.6 Å². The lowest BCUT2D eigenvalue weighted by Crippen LogP contribution is -2.10. The quantitative estimate of drug-likeness (QED) is 0.862. The predicted molar refractivity (Wildman–Crippen MR) is 80.5 cm³/mol. The number of rotatable bonds is 2. The second-order valence-corrected chi connectivity index (χ2v) is 6.51. The fourth-order valence-electron chi connectivity index (χ4n) is 1.86. The van der Waals surface area contributed by atoms with Crippen molar-refractivity contribution in [3.63, 3.8) is 0 Å². The summed E-state index contributed by atoms with van der Waals surface area (Å²) in [7, 11) is 1.94. The van der Waals surface area contributed by atoms with E-state index >= 15 is 0 Å². The molecule has 2 rings (SSSR count). The van der Waals surface area contributed by atoms with Crippen LogP contribution < -0.4 is 5.32 Å². The van der Waals surface area contributed by atoms with Crippen LogP contribution in [0, 0.1) is 6.92 Å². The summed E-state index contributed by atoms with van der Waals surface area (Å²) in [6, 6.07) is 8.73. The molecule has 3 heteroatoms. The van der Waals surface area contributed by atoms with Crippen LogP contribution >= 0.6 is 11.3 Å². The number of anilines is 1. The first-order valence-corrected chi connectivity index (χ1v) is 6.99. The second kappa shape index (κ2) is 4.73. The second-order valence-electron chi connectivity index (χ2n) is 5.51. The average Bonchev–Trinajstić information content (AvgIpc) is 2.69. The minimum absolute atomic E-state index is 0.202. The smallest absolute Gasteiger partial charge is 0.125 e. The summed E-state index contributed by atoms with van der Waals surface area (Å²) < 4.78 is 0. The molecule has 0 fully saturated rings. The van der Waals surface area contributed by atoms with E-state index in [4.69, 9.17) is 0 Å². The fraction of sp³-hybridized carbons (Fsp3) is 0.400. The van der Waals surface area contributed by atoms with Gasteiger partial charge in [0.15, 0.2) is 0 Å². The Bertz CT molecular complexity index is 533. The zero-order valence-corrected chi connectivity index (χ0v) is 12.5. The van der Waals surface area contributed by atoms with Crippen molar-refractivity contribution < 1.29 is 0 Å². The van der Waals surface area contributed by atoms with E-state index in [1.165, 1.54) is 11.1 Å². The summed E-state index contributed by atoms with van der Waals surface area (Å²) in [5.41, 5.74) is 3.82. The van der Waals surface area contributed by atoms with Crippen molar-refractivity contribution in [1.29, 1.82) is 0 Å². The minimum Gasteiger partial charge on any atom is -0.378 e. The molecule has 2 nitrogen and oxygen atoms in total. The highest BCUT2D eigenvalue weighted by Crippen LogP contribution is 2.32. The Balaban J connectivity index is 2.34. The SMILES string of the molecule is CNc1sc(-c2ccc(C(C)(C)C)cc2)nc1C. The molecule has 96 valence electrons. The zero-order chi connectivity index (χ0) is 13.3. The molecule has 0 saturated carbocycles. The van der Waals surface area contributed by atoms with Crippen LogP contribution in [-0.4, -0.2) is 12.0 Å². The zero-order valence-electron chi connectivity index (χ0n) is 11.7. The van der Waals surface area contributed by atoms with Gasteiger partial charge in [-0.25, -0.2) is 4.98 Å². The number of nitrogens with one attached hydrogen (secondary N) is 1. The van der Waals surface area contributed by atoms with Gasteiger partial charge in [-0.15, -0.1) is 0 Å². The fourth-order valence-corrected chi connectivity index (χ4v) is 2.79. The molecule has 1 N–H and O–H groups in total. The standard InChI is InChI=1S/C15H20N2S/c1-10-13(16-5)18-14(17-10)11-6-8-12(9-7-11)15(2,3)4/h6-9,16H,1-5H3. The maximum Gasteiger partial charge on any atom is 0.125 e. The lowest BCUT2D eigenvalue weighted by molar-refractivity contribution is 0.590. The van der Waals surface area contributed by atoms with Gasteiger partial charge in [0.2, 0.25) is 0 Å². The Labute approximate surface area is 113 Å². The lowest BCUT2D eigenvalue weighted by Gasteiger charge is -2.18. The maximum absolute atomic E-state index is 4.60. The third kappa shape index (κ3) is 2.56. The van der Waals surface area contributed by atoms with Crippen LogP contribution in [0.2, 0.25) is 0 Å². The van der Waals surface area contributed by atoms with Crippen LogP contribution in [0.1, 0.15) is 32.0 Å². The number of nitrogens with zero attached hydrogens (tertiary/aromatic N) is 1. The van der Waals surface area contributed by atoms with E-state index in [0.717, 1.165) is 15.7 Å². The maximum atomic E-state index is 4.60. The summed E-state index contributed by atoms with van der Waals surface area (Å²) in [5.74, 6) is 0. The molecule has 0 spiro atoms. The summed E-state index contributed by atoms with van der Waals surface area (Å²) >= 11 is 1.70. The van der Waals surface area contributed by atoms with E-state index in [2.05, 4.69) is 55.3 Å². The van der Waals surface area contributed by atoms with Gasteiger partial charge >= 0.3 is 0 Å². The van der Waals surface area contributed by atoms with E-state index in [1.54, 1.807) is 11.3 Å². The van der Waals surface area contributed by atoms with Gasteiger partial charge in [0.25, 0.3) is 0 Å². The van der Waals surface area contributed by atoms with Crippen LogP contribution in [0.5, 0.6) is 0 Å². The van der Waals surface area contributed by atoms with Gasteiger partial charge in [0.05, 0.1) is 5.69 Å². The first-order chi connectivity index (χ1) is 8.41. The molecule has 18 heavy (non-hydrogen) atoms.